The molecule has 0 spiro atoms. The lowest BCUT2D eigenvalue weighted by atomic mass is 10.0. The van der Waals surface area contributed by atoms with Crippen molar-refractivity contribution in [2.24, 2.45) is 0 Å². The molecule has 0 aliphatic carbocycles. The Labute approximate surface area is 209 Å². The van der Waals surface area contributed by atoms with Crippen LogP contribution in [0.3, 0.4) is 0 Å². The molecule has 0 radical (unpaired) electrons. The summed E-state index contributed by atoms with van der Waals surface area (Å²) in [6, 6.07) is 16.9. The summed E-state index contributed by atoms with van der Waals surface area (Å²) in [5.74, 6) is 0.800. The van der Waals surface area contributed by atoms with Crippen molar-refractivity contribution in [2.45, 2.75) is 13.1 Å². The normalized spacial score (nSPS) is 11.5. The first-order valence-electron chi connectivity index (χ1n) is 11.1. The molecule has 186 valence electrons. The molecule has 10 heteroatoms. The number of nitrogens with two attached hydrogens (primary N) is 1. The standard InChI is InChI=1S/C27H20F3N5O2/c1-16-14-35(15-33-16)20-11-18(27(28,29)30)10-19(12-20)34-26(36)24-4-2-3-17-9-21(5-6-23(17)24)37-22-7-8-32-25(31)13-22/h2-15H,1H3,(H2,31,32)(H,34,36). The number of ether oxygens (including phenoxy) is 1. The van der Waals surface area contributed by atoms with Crippen LogP contribution in [0.2, 0.25) is 0 Å². The van der Waals surface area contributed by atoms with Gasteiger partial charge < -0.3 is 20.4 Å². The van der Waals surface area contributed by atoms with Crippen molar-refractivity contribution in [3.8, 4) is 17.2 Å². The summed E-state index contributed by atoms with van der Waals surface area (Å²) in [7, 11) is 0. The van der Waals surface area contributed by atoms with E-state index in [4.69, 9.17) is 10.5 Å². The van der Waals surface area contributed by atoms with E-state index in [1.807, 2.05) is 6.07 Å². The van der Waals surface area contributed by atoms with E-state index < -0.39 is 17.6 Å². The first kappa shape index (κ1) is 23.9. The molecule has 0 saturated carbocycles. The number of rotatable bonds is 5. The van der Waals surface area contributed by atoms with E-state index in [2.05, 4.69) is 15.3 Å². The molecular weight excluding hydrogens is 483 g/mol. The van der Waals surface area contributed by atoms with Gasteiger partial charge in [-0.25, -0.2) is 9.97 Å². The highest BCUT2D eigenvalue weighted by molar-refractivity contribution is 6.13. The fourth-order valence-electron chi connectivity index (χ4n) is 3.91. The lowest BCUT2D eigenvalue weighted by Gasteiger charge is -2.14. The number of nitrogens with zero attached hydrogens (tertiary/aromatic N) is 3. The smallest absolute Gasteiger partial charge is 0.416 e. The first-order valence-corrected chi connectivity index (χ1v) is 11.1. The van der Waals surface area contributed by atoms with Gasteiger partial charge in [0.05, 0.1) is 17.6 Å². The first-order chi connectivity index (χ1) is 17.7. The molecular formula is C27H20F3N5O2. The average molecular weight is 503 g/mol. The number of imidazole rings is 1. The zero-order valence-corrected chi connectivity index (χ0v) is 19.5. The molecule has 1 amide bonds. The van der Waals surface area contributed by atoms with Gasteiger partial charge in [-0.15, -0.1) is 0 Å². The predicted octanol–water partition coefficient (Wildman–Crippen LogP) is 6.37. The van der Waals surface area contributed by atoms with Gasteiger partial charge in [-0.1, -0.05) is 12.1 Å². The largest absolute Gasteiger partial charge is 0.457 e. The van der Waals surface area contributed by atoms with Crippen LogP contribution in [0.15, 0.2) is 85.5 Å². The van der Waals surface area contributed by atoms with E-state index in [1.165, 1.54) is 23.2 Å². The highest BCUT2D eigenvalue weighted by Gasteiger charge is 2.31. The van der Waals surface area contributed by atoms with Crippen LogP contribution >= 0.6 is 0 Å². The average Bonchev–Trinajstić information content (AvgIpc) is 3.29. The van der Waals surface area contributed by atoms with Gasteiger partial charge in [0.15, 0.2) is 0 Å². The summed E-state index contributed by atoms with van der Waals surface area (Å²) in [4.78, 5) is 21.2. The minimum Gasteiger partial charge on any atom is -0.457 e. The highest BCUT2D eigenvalue weighted by Crippen LogP contribution is 2.34. The Morgan fingerprint density at radius 3 is 2.54 bits per heavy atom. The lowest BCUT2D eigenvalue weighted by molar-refractivity contribution is -0.137. The van der Waals surface area contributed by atoms with Crippen molar-refractivity contribution < 1.29 is 22.7 Å². The van der Waals surface area contributed by atoms with Crippen molar-refractivity contribution >= 4 is 28.2 Å². The minimum atomic E-state index is -4.60. The maximum absolute atomic E-state index is 13.6. The summed E-state index contributed by atoms with van der Waals surface area (Å²) in [5, 5.41) is 3.94. The van der Waals surface area contributed by atoms with Crippen molar-refractivity contribution in [3.63, 3.8) is 0 Å². The zero-order chi connectivity index (χ0) is 26.2. The number of aromatic nitrogens is 3. The Morgan fingerprint density at radius 2 is 1.81 bits per heavy atom. The third kappa shape index (κ3) is 5.22. The number of hydrogen-bond acceptors (Lipinski definition) is 5. The van der Waals surface area contributed by atoms with Gasteiger partial charge in [-0.05, 0) is 66.2 Å². The predicted molar refractivity (Wildman–Crippen MR) is 134 cm³/mol. The van der Waals surface area contributed by atoms with Gasteiger partial charge in [-0.2, -0.15) is 13.2 Å². The zero-order valence-electron chi connectivity index (χ0n) is 19.5. The fraction of sp³-hybridized carbons (Fsp3) is 0.0741. The molecule has 5 aromatic rings. The molecule has 0 bridgehead atoms. The van der Waals surface area contributed by atoms with Crippen LogP contribution < -0.4 is 15.8 Å². The molecule has 0 aliphatic rings. The number of carbonyl (C=O) groups is 1. The minimum absolute atomic E-state index is 0.00779. The number of hydrogen-bond donors (Lipinski definition) is 2. The van der Waals surface area contributed by atoms with E-state index >= 15 is 0 Å². The number of pyridine rings is 1. The monoisotopic (exact) mass is 503 g/mol. The summed E-state index contributed by atoms with van der Waals surface area (Å²) in [6.07, 6.45) is -0.0470. The van der Waals surface area contributed by atoms with Crippen molar-refractivity contribution in [1.82, 2.24) is 14.5 Å². The van der Waals surface area contributed by atoms with Gasteiger partial charge in [0.2, 0.25) is 0 Å². The summed E-state index contributed by atoms with van der Waals surface area (Å²) >= 11 is 0. The number of nitrogens with one attached hydrogen (secondary N) is 1. The van der Waals surface area contributed by atoms with Crippen molar-refractivity contribution in [3.05, 3.63) is 102 Å². The number of alkyl halides is 3. The highest BCUT2D eigenvalue weighted by atomic mass is 19.4. The Hall–Kier alpha value is -4.86. The second-order valence-corrected chi connectivity index (χ2v) is 8.35. The molecule has 3 N–H and O–H groups in total. The number of benzene rings is 3. The Kier molecular flexibility index (Phi) is 6.00. The molecule has 5 rings (SSSR count). The maximum atomic E-state index is 13.6. The number of amides is 1. The van der Waals surface area contributed by atoms with Crippen LogP contribution in [-0.4, -0.2) is 20.4 Å². The van der Waals surface area contributed by atoms with Gasteiger partial charge in [0.25, 0.3) is 5.91 Å². The Morgan fingerprint density at radius 1 is 1.00 bits per heavy atom. The molecule has 7 nitrogen and oxygen atoms in total. The molecule has 0 unspecified atom stereocenters. The van der Waals surface area contributed by atoms with Crippen LogP contribution in [0.25, 0.3) is 16.5 Å². The van der Waals surface area contributed by atoms with Crippen LogP contribution in [0.1, 0.15) is 21.6 Å². The lowest BCUT2D eigenvalue weighted by Crippen LogP contribution is -2.14. The summed E-state index contributed by atoms with van der Waals surface area (Å²) in [5.41, 5.74) is 5.99. The van der Waals surface area contributed by atoms with E-state index in [1.54, 1.807) is 55.6 Å². The van der Waals surface area contributed by atoms with Gasteiger partial charge >= 0.3 is 6.18 Å². The molecule has 0 fully saturated rings. The number of nitrogen functional groups attached to an aromatic ring is 1. The quantitative estimate of drug-likeness (QED) is 0.290. The van der Waals surface area contributed by atoms with Crippen LogP contribution in [-0.2, 0) is 6.18 Å². The van der Waals surface area contributed by atoms with Crippen molar-refractivity contribution in [2.75, 3.05) is 11.1 Å². The molecule has 2 heterocycles. The van der Waals surface area contributed by atoms with Crippen LogP contribution in [0.5, 0.6) is 11.5 Å². The second kappa shape index (κ2) is 9.30. The van der Waals surface area contributed by atoms with Gasteiger partial charge in [0, 0.05) is 35.4 Å². The molecule has 3 aromatic carbocycles. The maximum Gasteiger partial charge on any atom is 0.416 e. The van der Waals surface area contributed by atoms with Crippen molar-refractivity contribution in [1.29, 1.82) is 0 Å². The van der Waals surface area contributed by atoms with E-state index in [-0.39, 0.29) is 11.4 Å². The molecule has 0 atom stereocenters. The Bertz CT molecular complexity index is 1630. The topological polar surface area (TPSA) is 95.1 Å². The third-order valence-corrected chi connectivity index (χ3v) is 5.60. The van der Waals surface area contributed by atoms with Gasteiger partial charge in [-0.3, -0.25) is 4.79 Å². The van der Waals surface area contributed by atoms with Crippen LogP contribution in [0.4, 0.5) is 24.7 Å². The summed E-state index contributed by atoms with van der Waals surface area (Å²) < 4.78 is 48.1. The number of halogens is 3. The third-order valence-electron chi connectivity index (χ3n) is 5.60. The molecule has 0 aliphatic heterocycles. The number of anilines is 2. The molecule has 2 aromatic heterocycles. The molecule has 0 saturated heterocycles. The number of fused-ring (bicyclic) bond motifs is 1. The van der Waals surface area contributed by atoms with E-state index in [0.29, 0.717) is 39.3 Å². The van der Waals surface area contributed by atoms with E-state index in [0.717, 1.165) is 12.1 Å². The van der Waals surface area contributed by atoms with Crippen LogP contribution in [0, 0.1) is 6.92 Å². The Balaban J connectivity index is 1.46. The number of aryl methyl sites for hydroxylation is 1. The second-order valence-electron chi connectivity index (χ2n) is 8.35. The SMILES string of the molecule is Cc1cn(-c2cc(NC(=O)c3cccc4cc(Oc5ccnc(N)c5)ccc34)cc(C(F)(F)F)c2)cn1. The number of carbonyl (C=O) groups excluding carboxylic acids is 1. The van der Waals surface area contributed by atoms with E-state index in [9.17, 15) is 18.0 Å². The van der Waals surface area contributed by atoms with Gasteiger partial charge in [0.1, 0.15) is 17.3 Å². The molecule has 37 heavy (non-hydrogen) atoms. The summed E-state index contributed by atoms with van der Waals surface area (Å²) in [6.45, 7) is 1.73. The fourth-order valence-corrected chi connectivity index (χ4v) is 3.91.